The van der Waals surface area contributed by atoms with Crippen LogP contribution in [0.15, 0.2) is 0 Å². The van der Waals surface area contributed by atoms with Crippen LogP contribution in [-0.2, 0) is 4.79 Å². The van der Waals surface area contributed by atoms with Crippen molar-refractivity contribution in [2.24, 2.45) is 0 Å². The summed E-state index contributed by atoms with van der Waals surface area (Å²) in [4.78, 5) is 10.7. The van der Waals surface area contributed by atoms with Gasteiger partial charge in [-0.25, -0.2) is 0 Å². The van der Waals surface area contributed by atoms with Crippen molar-refractivity contribution in [3.05, 3.63) is 0 Å². The van der Waals surface area contributed by atoms with Crippen LogP contribution >= 0.6 is 11.8 Å². The lowest BCUT2D eigenvalue weighted by molar-refractivity contribution is -0.142. The molecule has 0 heterocycles. The molecule has 0 aliphatic heterocycles. The molecule has 0 bridgehead atoms. The molecule has 72 valence electrons. The van der Waals surface area contributed by atoms with Gasteiger partial charge in [0.2, 0.25) is 0 Å². The maximum absolute atomic E-state index is 11.6. The molecule has 0 fully saturated rings. The van der Waals surface area contributed by atoms with E-state index in [9.17, 15) is 18.0 Å². The first kappa shape index (κ1) is 11.8. The number of carbonyl (C=O) groups excluding carboxylic acids is 1. The molecule has 0 atom stereocenters. The first-order valence-corrected chi connectivity index (χ1v) is 4.77. The Bertz CT molecular complexity index is 144. The van der Waals surface area contributed by atoms with Crippen LogP contribution in [0.1, 0.15) is 19.8 Å². The molecular weight excluding hydrogens is 189 g/mol. The molecule has 0 aromatic carbocycles. The summed E-state index contributed by atoms with van der Waals surface area (Å²) in [6.07, 6.45) is -5.57. The molecule has 0 unspecified atom stereocenters. The van der Waals surface area contributed by atoms with E-state index in [4.69, 9.17) is 0 Å². The summed E-state index contributed by atoms with van der Waals surface area (Å²) in [7, 11) is 0. The van der Waals surface area contributed by atoms with Crippen LogP contribution in [0.3, 0.4) is 0 Å². The zero-order valence-electron chi connectivity index (χ0n) is 6.78. The fraction of sp³-hybridized carbons (Fsp3) is 0.857. The van der Waals surface area contributed by atoms with Crippen LogP contribution in [0.25, 0.3) is 0 Å². The summed E-state index contributed by atoms with van der Waals surface area (Å²) in [6.45, 7) is 1.86. The molecule has 0 rings (SSSR count). The zero-order chi connectivity index (χ0) is 9.61. The molecule has 0 aliphatic rings. The van der Waals surface area contributed by atoms with Crippen LogP contribution < -0.4 is 0 Å². The van der Waals surface area contributed by atoms with Gasteiger partial charge in [-0.05, 0) is 5.75 Å². The van der Waals surface area contributed by atoms with Gasteiger partial charge in [0, 0.05) is 6.42 Å². The standard InChI is InChI=1S/C7H11F3OS/c1-2-12-5-6(11)3-4-7(8,9)10/h2-5H2,1H3. The lowest BCUT2D eigenvalue weighted by atomic mass is 10.2. The van der Waals surface area contributed by atoms with Crippen LogP contribution in [-0.4, -0.2) is 23.5 Å². The third kappa shape index (κ3) is 7.91. The number of hydrogen-bond donors (Lipinski definition) is 0. The topological polar surface area (TPSA) is 17.1 Å². The number of alkyl halides is 3. The maximum Gasteiger partial charge on any atom is 0.389 e. The lowest BCUT2D eigenvalue weighted by Crippen LogP contribution is -2.11. The van der Waals surface area contributed by atoms with E-state index in [2.05, 4.69) is 0 Å². The third-order valence-corrected chi connectivity index (χ3v) is 2.09. The molecule has 0 amide bonds. The SMILES string of the molecule is CCSCC(=O)CCC(F)(F)F. The Kier molecular flexibility index (Phi) is 5.37. The van der Waals surface area contributed by atoms with Gasteiger partial charge in [-0.2, -0.15) is 24.9 Å². The van der Waals surface area contributed by atoms with Crippen LogP contribution in [0.4, 0.5) is 13.2 Å². The molecule has 12 heavy (non-hydrogen) atoms. The summed E-state index contributed by atoms with van der Waals surface area (Å²) in [5.41, 5.74) is 0. The number of carbonyl (C=O) groups is 1. The van der Waals surface area contributed by atoms with E-state index < -0.39 is 12.6 Å². The highest BCUT2D eigenvalue weighted by molar-refractivity contribution is 7.99. The van der Waals surface area contributed by atoms with Crippen molar-refractivity contribution in [3.63, 3.8) is 0 Å². The van der Waals surface area contributed by atoms with Gasteiger partial charge < -0.3 is 0 Å². The molecule has 0 saturated carbocycles. The Hall–Kier alpha value is -0.190. The van der Waals surface area contributed by atoms with Gasteiger partial charge in [0.1, 0.15) is 5.78 Å². The average molecular weight is 200 g/mol. The van der Waals surface area contributed by atoms with Crippen molar-refractivity contribution < 1.29 is 18.0 Å². The monoisotopic (exact) mass is 200 g/mol. The quantitative estimate of drug-likeness (QED) is 0.678. The molecule has 0 radical (unpaired) electrons. The van der Waals surface area contributed by atoms with Crippen molar-refractivity contribution in [1.29, 1.82) is 0 Å². The largest absolute Gasteiger partial charge is 0.389 e. The molecule has 1 nitrogen and oxygen atoms in total. The van der Waals surface area contributed by atoms with Gasteiger partial charge in [0.05, 0.1) is 12.2 Å². The number of rotatable bonds is 5. The van der Waals surface area contributed by atoms with Gasteiger partial charge in [-0.15, -0.1) is 0 Å². The number of hydrogen-bond acceptors (Lipinski definition) is 2. The highest BCUT2D eigenvalue weighted by Gasteiger charge is 2.27. The second-order valence-electron chi connectivity index (χ2n) is 2.29. The van der Waals surface area contributed by atoms with Gasteiger partial charge in [0.25, 0.3) is 0 Å². The Morgan fingerprint density at radius 1 is 1.42 bits per heavy atom. The van der Waals surface area contributed by atoms with Crippen molar-refractivity contribution in [3.8, 4) is 0 Å². The summed E-state index contributed by atoms with van der Waals surface area (Å²) >= 11 is 1.35. The normalized spacial score (nSPS) is 11.7. The van der Waals surface area contributed by atoms with Gasteiger partial charge in [-0.3, -0.25) is 4.79 Å². The summed E-state index contributed by atoms with van der Waals surface area (Å²) < 4.78 is 34.7. The molecule has 0 aromatic heterocycles. The zero-order valence-corrected chi connectivity index (χ0v) is 7.60. The van der Waals surface area contributed by atoms with E-state index in [0.29, 0.717) is 0 Å². The first-order valence-electron chi connectivity index (χ1n) is 3.62. The van der Waals surface area contributed by atoms with Gasteiger partial charge >= 0.3 is 6.18 Å². The van der Waals surface area contributed by atoms with E-state index in [1.54, 1.807) is 0 Å². The van der Waals surface area contributed by atoms with E-state index >= 15 is 0 Å². The molecule has 0 N–H and O–H groups in total. The van der Waals surface area contributed by atoms with E-state index in [-0.39, 0.29) is 18.0 Å². The molecule has 5 heteroatoms. The Morgan fingerprint density at radius 2 is 2.00 bits per heavy atom. The average Bonchev–Trinajstić information content (AvgIpc) is 1.95. The smallest absolute Gasteiger partial charge is 0.299 e. The summed E-state index contributed by atoms with van der Waals surface area (Å²) in [5, 5.41) is 0. The molecular formula is C7H11F3OS. The predicted molar refractivity (Wildman–Crippen MR) is 43.3 cm³/mol. The van der Waals surface area contributed by atoms with Gasteiger partial charge in [-0.1, -0.05) is 6.92 Å². The number of Topliss-reactive ketones (excluding diaryl/α,β-unsaturated/α-hetero) is 1. The molecule has 0 spiro atoms. The van der Waals surface area contributed by atoms with Crippen LogP contribution in [0, 0.1) is 0 Å². The Balaban J connectivity index is 3.44. The van der Waals surface area contributed by atoms with Crippen LogP contribution in [0.2, 0.25) is 0 Å². The summed E-state index contributed by atoms with van der Waals surface area (Å²) in [6, 6.07) is 0. The maximum atomic E-state index is 11.6. The number of thioether (sulfide) groups is 1. The van der Waals surface area contributed by atoms with Crippen molar-refractivity contribution >= 4 is 17.5 Å². The van der Waals surface area contributed by atoms with Gasteiger partial charge in [0.15, 0.2) is 0 Å². The molecule has 0 saturated heterocycles. The van der Waals surface area contributed by atoms with E-state index in [1.165, 1.54) is 11.8 Å². The third-order valence-electron chi connectivity index (χ3n) is 1.15. The fourth-order valence-corrected chi connectivity index (χ4v) is 1.15. The van der Waals surface area contributed by atoms with E-state index in [1.807, 2.05) is 6.92 Å². The second-order valence-corrected chi connectivity index (χ2v) is 3.57. The second kappa shape index (κ2) is 5.45. The predicted octanol–water partition coefficient (Wildman–Crippen LogP) is 2.65. The van der Waals surface area contributed by atoms with E-state index in [0.717, 1.165) is 5.75 Å². The minimum absolute atomic E-state index is 0.201. The van der Waals surface area contributed by atoms with Crippen molar-refractivity contribution in [2.45, 2.75) is 25.9 Å². The minimum Gasteiger partial charge on any atom is -0.299 e. The minimum atomic E-state index is -4.20. The summed E-state index contributed by atoms with van der Waals surface area (Å²) in [5.74, 6) is 0.642. The van der Waals surface area contributed by atoms with Crippen molar-refractivity contribution in [2.75, 3.05) is 11.5 Å². The number of ketones is 1. The Labute approximate surface area is 73.7 Å². The lowest BCUT2D eigenvalue weighted by Gasteiger charge is -2.04. The fourth-order valence-electron chi connectivity index (χ4n) is 0.569. The highest BCUT2D eigenvalue weighted by Crippen LogP contribution is 2.21. The van der Waals surface area contributed by atoms with Crippen LogP contribution in [0.5, 0.6) is 0 Å². The number of halogens is 3. The Morgan fingerprint density at radius 3 is 2.42 bits per heavy atom. The molecule has 0 aliphatic carbocycles. The molecule has 0 aromatic rings. The first-order chi connectivity index (χ1) is 5.45. The highest BCUT2D eigenvalue weighted by atomic mass is 32.2. The van der Waals surface area contributed by atoms with Crippen molar-refractivity contribution in [1.82, 2.24) is 0 Å².